The van der Waals surface area contributed by atoms with Crippen molar-refractivity contribution in [3.8, 4) is 0 Å². The normalized spacial score (nSPS) is 24.8. The molecule has 0 saturated carbocycles. The summed E-state index contributed by atoms with van der Waals surface area (Å²) in [6.07, 6.45) is 7.82. The van der Waals surface area contributed by atoms with E-state index in [4.69, 9.17) is 0 Å². The number of amides is 2. The van der Waals surface area contributed by atoms with Crippen molar-refractivity contribution in [2.45, 2.75) is 31.8 Å². The molecule has 4 heterocycles. The Hall–Kier alpha value is -2.67. The minimum Gasteiger partial charge on any atom is -0.351 e. The quantitative estimate of drug-likeness (QED) is 0.855. The minimum absolute atomic E-state index is 0.0157. The highest BCUT2D eigenvalue weighted by Crippen LogP contribution is 2.43. The summed E-state index contributed by atoms with van der Waals surface area (Å²) in [7, 11) is 3.95. The lowest BCUT2D eigenvalue weighted by Crippen LogP contribution is -2.66. The Balaban J connectivity index is 1.58. The van der Waals surface area contributed by atoms with E-state index in [1.807, 2.05) is 47.0 Å². The molecule has 2 fully saturated rings. The Labute approximate surface area is 171 Å². The van der Waals surface area contributed by atoms with Crippen LogP contribution in [-0.2, 0) is 18.4 Å². The van der Waals surface area contributed by atoms with Gasteiger partial charge in [-0.1, -0.05) is 6.07 Å². The van der Waals surface area contributed by atoms with Crippen LogP contribution in [0.3, 0.4) is 0 Å². The maximum atomic E-state index is 13.5. The van der Waals surface area contributed by atoms with Gasteiger partial charge < -0.3 is 19.7 Å². The maximum absolute atomic E-state index is 13.5. The van der Waals surface area contributed by atoms with Crippen LogP contribution in [0, 0.1) is 5.41 Å². The van der Waals surface area contributed by atoms with Crippen LogP contribution in [-0.4, -0.2) is 63.9 Å². The lowest BCUT2D eigenvalue weighted by atomic mass is 9.67. The summed E-state index contributed by atoms with van der Waals surface area (Å²) in [6, 6.07) is 7.46. The molecule has 4 rings (SSSR count). The highest BCUT2D eigenvalue weighted by atomic mass is 16.2. The zero-order chi connectivity index (χ0) is 20.4. The highest BCUT2D eigenvalue weighted by Gasteiger charge is 2.53. The van der Waals surface area contributed by atoms with Crippen LogP contribution in [0.4, 0.5) is 0 Å². The molecule has 2 saturated heterocycles. The van der Waals surface area contributed by atoms with Crippen molar-refractivity contribution in [3.05, 3.63) is 54.1 Å². The number of carbonyl (C=O) groups excluding carboxylic acids is 2. The zero-order valence-electron chi connectivity index (χ0n) is 17.2. The van der Waals surface area contributed by atoms with Crippen LogP contribution in [0.2, 0.25) is 0 Å². The summed E-state index contributed by atoms with van der Waals surface area (Å²) in [5.41, 5.74) is 1.12. The molecule has 7 heteroatoms. The summed E-state index contributed by atoms with van der Waals surface area (Å²) >= 11 is 0. The number of pyridine rings is 1. The van der Waals surface area contributed by atoms with E-state index in [0.29, 0.717) is 18.8 Å². The molecule has 0 aliphatic carbocycles. The first-order chi connectivity index (χ1) is 14.0. The minimum atomic E-state index is -0.534. The van der Waals surface area contributed by atoms with Gasteiger partial charge in [-0.25, -0.2) is 0 Å². The Kier molecular flexibility index (Phi) is 5.41. The first kappa shape index (κ1) is 19.6. The number of hydrogen-bond acceptors (Lipinski definition) is 4. The van der Waals surface area contributed by atoms with Crippen LogP contribution >= 0.6 is 0 Å². The van der Waals surface area contributed by atoms with Gasteiger partial charge in [-0.05, 0) is 56.6 Å². The number of carbonyl (C=O) groups is 2. The van der Waals surface area contributed by atoms with E-state index in [1.165, 1.54) is 0 Å². The van der Waals surface area contributed by atoms with Crippen LogP contribution in [0.5, 0.6) is 0 Å². The largest absolute Gasteiger partial charge is 0.351 e. The monoisotopic (exact) mass is 395 g/mol. The number of aryl methyl sites for hydroxylation is 1. The fraction of sp³-hybridized carbons (Fsp3) is 0.500. The van der Waals surface area contributed by atoms with Gasteiger partial charge in [-0.15, -0.1) is 0 Å². The molecule has 0 unspecified atom stereocenters. The first-order valence-corrected chi connectivity index (χ1v) is 10.3. The van der Waals surface area contributed by atoms with Gasteiger partial charge in [0.1, 0.15) is 5.69 Å². The number of piperidine rings is 2. The SMILES string of the molecule is CN1CC[C@]2(C(=O)NCc3cccnc3)CCCN(C(=O)c3cccn3C)[C@@H]2C1. The Morgan fingerprint density at radius 2 is 2.07 bits per heavy atom. The molecule has 2 aliphatic heterocycles. The van der Waals surface area contributed by atoms with E-state index in [2.05, 4.69) is 22.2 Å². The Morgan fingerprint density at radius 1 is 1.21 bits per heavy atom. The summed E-state index contributed by atoms with van der Waals surface area (Å²) in [5.74, 6) is 0.0748. The van der Waals surface area contributed by atoms with Gasteiger partial charge in [0.15, 0.2) is 0 Å². The van der Waals surface area contributed by atoms with Gasteiger partial charge in [-0.3, -0.25) is 14.6 Å². The molecule has 154 valence electrons. The summed E-state index contributed by atoms with van der Waals surface area (Å²) < 4.78 is 1.85. The molecular formula is C22H29N5O2. The molecule has 2 amide bonds. The van der Waals surface area contributed by atoms with E-state index in [0.717, 1.165) is 37.9 Å². The molecule has 2 aromatic rings. The average Bonchev–Trinajstić information content (AvgIpc) is 3.17. The van der Waals surface area contributed by atoms with Gasteiger partial charge in [-0.2, -0.15) is 0 Å². The number of fused-ring (bicyclic) bond motifs is 1. The molecule has 7 nitrogen and oxygen atoms in total. The third kappa shape index (κ3) is 3.67. The summed E-state index contributed by atoms with van der Waals surface area (Å²) in [6.45, 7) is 2.74. The van der Waals surface area contributed by atoms with Crippen molar-refractivity contribution in [2.75, 3.05) is 26.7 Å². The van der Waals surface area contributed by atoms with Gasteiger partial charge in [0, 0.05) is 45.3 Å². The molecular weight excluding hydrogens is 366 g/mol. The maximum Gasteiger partial charge on any atom is 0.270 e. The van der Waals surface area contributed by atoms with Crippen LogP contribution < -0.4 is 5.32 Å². The van der Waals surface area contributed by atoms with E-state index >= 15 is 0 Å². The van der Waals surface area contributed by atoms with Crippen molar-refractivity contribution in [2.24, 2.45) is 12.5 Å². The molecule has 0 bridgehead atoms. The number of likely N-dealkylation sites (tertiary alicyclic amines) is 2. The zero-order valence-corrected chi connectivity index (χ0v) is 17.2. The Morgan fingerprint density at radius 3 is 2.79 bits per heavy atom. The van der Waals surface area contributed by atoms with E-state index in [9.17, 15) is 9.59 Å². The predicted octanol–water partition coefficient (Wildman–Crippen LogP) is 1.66. The second-order valence-electron chi connectivity index (χ2n) is 8.33. The number of nitrogens with zero attached hydrogens (tertiary/aromatic N) is 4. The first-order valence-electron chi connectivity index (χ1n) is 10.3. The van der Waals surface area contributed by atoms with Crippen LogP contribution in [0.15, 0.2) is 42.9 Å². The average molecular weight is 396 g/mol. The number of aromatic nitrogens is 2. The lowest BCUT2D eigenvalue weighted by Gasteiger charge is -2.53. The molecule has 0 radical (unpaired) electrons. The standard InChI is InChI=1S/C22H29N5O2/c1-25-13-9-22(21(29)24-15-17-6-3-10-23-14-17)8-5-12-27(19(22)16-25)20(28)18-7-4-11-26(18)2/h3-4,6-7,10-11,14,19H,5,8-9,12-13,15-16H2,1-2H3,(H,24,29)/t19-,22-/m1/s1. The number of rotatable bonds is 4. The van der Waals surface area contributed by atoms with Crippen molar-refractivity contribution in [1.82, 2.24) is 24.7 Å². The molecule has 0 spiro atoms. The number of hydrogen-bond donors (Lipinski definition) is 1. The predicted molar refractivity (Wildman–Crippen MR) is 110 cm³/mol. The molecule has 1 N–H and O–H groups in total. The summed E-state index contributed by atoms with van der Waals surface area (Å²) in [4.78, 5) is 35.1. The van der Waals surface area contributed by atoms with Crippen LogP contribution in [0.1, 0.15) is 35.3 Å². The molecule has 2 aliphatic rings. The van der Waals surface area contributed by atoms with Crippen molar-refractivity contribution in [3.63, 3.8) is 0 Å². The van der Waals surface area contributed by atoms with E-state index in [-0.39, 0.29) is 17.9 Å². The number of likely N-dealkylation sites (N-methyl/N-ethyl adjacent to an activating group) is 1. The van der Waals surface area contributed by atoms with Crippen molar-refractivity contribution >= 4 is 11.8 Å². The van der Waals surface area contributed by atoms with Gasteiger partial charge in [0.25, 0.3) is 5.91 Å². The topological polar surface area (TPSA) is 70.5 Å². The van der Waals surface area contributed by atoms with Crippen molar-refractivity contribution in [1.29, 1.82) is 0 Å². The van der Waals surface area contributed by atoms with Crippen molar-refractivity contribution < 1.29 is 9.59 Å². The van der Waals surface area contributed by atoms with Gasteiger partial charge in [0.2, 0.25) is 5.91 Å². The van der Waals surface area contributed by atoms with Gasteiger partial charge in [0.05, 0.1) is 11.5 Å². The number of nitrogens with one attached hydrogen (secondary N) is 1. The molecule has 29 heavy (non-hydrogen) atoms. The third-order valence-corrected chi connectivity index (χ3v) is 6.51. The second kappa shape index (κ2) is 7.99. The highest BCUT2D eigenvalue weighted by molar-refractivity contribution is 5.94. The summed E-state index contributed by atoms with van der Waals surface area (Å²) in [5, 5.41) is 3.14. The third-order valence-electron chi connectivity index (χ3n) is 6.51. The van der Waals surface area contributed by atoms with Gasteiger partial charge >= 0.3 is 0 Å². The second-order valence-corrected chi connectivity index (χ2v) is 8.33. The fourth-order valence-electron chi connectivity index (χ4n) is 4.84. The molecule has 2 aromatic heterocycles. The lowest BCUT2D eigenvalue weighted by molar-refractivity contribution is -0.142. The van der Waals surface area contributed by atoms with Crippen LogP contribution in [0.25, 0.3) is 0 Å². The smallest absolute Gasteiger partial charge is 0.270 e. The fourth-order valence-corrected chi connectivity index (χ4v) is 4.84. The Bertz CT molecular complexity index is 880. The van der Waals surface area contributed by atoms with E-state index < -0.39 is 5.41 Å². The molecule has 2 atom stereocenters. The molecule has 0 aromatic carbocycles. The van der Waals surface area contributed by atoms with E-state index in [1.54, 1.807) is 12.4 Å².